The highest BCUT2D eigenvalue weighted by molar-refractivity contribution is 7.74. The van der Waals surface area contributed by atoms with Crippen molar-refractivity contribution in [3.63, 3.8) is 0 Å². The van der Waals surface area contributed by atoms with Crippen LogP contribution < -0.4 is 9.08 Å². The van der Waals surface area contributed by atoms with E-state index in [-0.39, 0.29) is 0 Å². The first kappa shape index (κ1) is 12.3. The summed E-state index contributed by atoms with van der Waals surface area (Å²) >= 11 is -2.50. The Hall–Kier alpha value is -1.11. The highest BCUT2D eigenvalue weighted by atomic mass is 32.2. The van der Waals surface area contributed by atoms with Crippen molar-refractivity contribution < 1.29 is 12.9 Å². The third kappa shape index (κ3) is 3.42. The third-order valence-electron chi connectivity index (χ3n) is 2.87. The van der Waals surface area contributed by atoms with Gasteiger partial charge in [0.05, 0.1) is 0 Å². The van der Waals surface area contributed by atoms with Crippen LogP contribution in [-0.4, -0.2) is 46.9 Å². The molecule has 2 rings (SSSR count). The SMILES string of the molecule is CN1CCN(c2ccc(OS(=O)[O-])cc2)CC1. The van der Waals surface area contributed by atoms with Crippen LogP contribution in [0, 0.1) is 0 Å². The molecule has 1 atom stereocenters. The second-order valence-corrected chi connectivity index (χ2v) is 4.65. The molecule has 0 radical (unpaired) electrons. The minimum atomic E-state index is -2.50. The van der Waals surface area contributed by atoms with Gasteiger partial charge in [-0.1, -0.05) is 0 Å². The quantitative estimate of drug-likeness (QED) is 0.741. The van der Waals surface area contributed by atoms with E-state index in [4.69, 9.17) is 0 Å². The van der Waals surface area contributed by atoms with Gasteiger partial charge in [-0.15, -0.1) is 0 Å². The van der Waals surface area contributed by atoms with Crippen molar-refractivity contribution in [3.8, 4) is 5.75 Å². The first-order valence-electron chi connectivity index (χ1n) is 5.46. The molecule has 1 unspecified atom stereocenters. The molecule has 1 aliphatic rings. The van der Waals surface area contributed by atoms with Gasteiger partial charge in [-0.25, -0.2) is 4.21 Å². The summed E-state index contributed by atoms with van der Waals surface area (Å²) in [5.41, 5.74) is 1.10. The molecule has 1 saturated heterocycles. The standard InChI is InChI=1S/C11H16N2O3S/c1-12-6-8-13(9-7-12)10-2-4-11(5-3-10)16-17(14)15/h2-5H,6-9H2,1H3,(H,14,15)/p-1. The molecule has 94 valence electrons. The Morgan fingerprint density at radius 2 is 1.76 bits per heavy atom. The van der Waals surface area contributed by atoms with Crippen LogP contribution in [-0.2, 0) is 11.4 Å². The van der Waals surface area contributed by atoms with Crippen molar-refractivity contribution in [3.05, 3.63) is 24.3 Å². The summed E-state index contributed by atoms with van der Waals surface area (Å²) in [6.07, 6.45) is 0. The minimum absolute atomic E-state index is 0.344. The molecule has 6 heteroatoms. The number of piperazine rings is 1. The molecule has 0 N–H and O–H groups in total. The summed E-state index contributed by atoms with van der Waals surface area (Å²) in [5, 5.41) is 0. The van der Waals surface area contributed by atoms with Crippen molar-refractivity contribution in [2.45, 2.75) is 0 Å². The fraction of sp³-hybridized carbons (Fsp3) is 0.455. The molecule has 17 heavy (non-hydrogen) atoms. The number of nitrogens with zero attached hydrogens (tertiary/aromatic N) is 2. The van der Waals surface area contributed by atoms with Crippen molar-refractivity contribution >= 4 is 17.0 Å². The first-order valence-corrected chi connectivity index (χ1v) is 6.46. The normalized spacial score (nSPS) is 19.1. The van der Waals surface area contributed by atoms with Gasteiger partial charge >= 0.3 is 0 Å². The zero-order valence-electron chi connectivity index (χ0n) is 9.67. The molecule has 0 aromatic heterocycles. The van der Waals surface area contributed by atoms with Crippen LogP contribution >= 0.6 is 0 Å². The number of anilines is 1. The number of hydrogen-bond donors (Lipinski definition) is 0. The van der Waals surface area contributed by atoms with Crippen LogP contribution in [0.2, 0.25) is 0 Å². The van der Waals surface area contributed by atoms with E-state index in [1.165, 1.54) is 0 Å². The summed E-state index contributed by atoms with van der Waals surface area (Å²) in [6, 6.07) is 7.11. The highest BCUT2D eigenvalue weighted by Gasteiger charge is 2.13. The van der Waals surface area contributed by atoms with E-state index in [0.717, 1.165) is 31.9 Å². The molecular weight excluding hydrogens is 240 g/mol. The van der Waals surface area contributed by atoms with Crippen LogP contribution in [0.1, 0.15) is 0 Å². The Morgan fingerprint density at radius 3 is 2.29 bits per heavy atom. The molecule has 0 spiro atoms. The van der Waals surface area contributed by atoms with E-state index in [0.29, 0.717) is 5.75 Å². The molecule has 0 amide bonds. The number of hydrogen-bond acceptors (Lipinski definition) is 5. The Bertz CT molecular complexity index is 388. The molecule has 1 aromatic carbocycles. The largest absolute Gasteiger partial charge is 0.740 e. The maximum absolute atomic E-state index is 10.4. The van der Waals surface area contributed by atoms with E-state index in [1.807, 2.05) is 12.1 Å². The van der Waals surface area contributed by atoms with E-state index in [2.05, 4.69) is 21.0 Å². The first-order chi connectivity index (χ1) is 8.15. The number of benzene rings is 1. The third-order valence-corrected chi connectivity index (χ3v) is 3.20. The number of rotatable bonds is 3. The maximum Gasteiger partial charge on any atom is 0.139 e. The predicted molar refractivity (Wildman–Crippen MR) is 65.7 cm³/mol. The van der Waals surface area contributed by atoms with Gasteiger partial charge in [0.15, 0.2) is 0 Å². The van der Waals surface area contributed by atoms with Gasteiger partial charge in [-0.2, -0.15) is 0 Å². The van der Waals surface area contributed by atoms with Crippen LogP contribution in [0.4, 0.5) is 5.69 Å². The van der Waals surface area contributed by atoms with Crippen molar-refractivity contribution in [1.82, 2.24) is 4.90 Å². The van der Waals surface area contributed by atoms with Crippen molar-refractivity contribution in [2.24, 2.45) is 0 Å². The average molecular weight is 255 g/mol. The van der Waals surface area contributed by atoms with Gasteiger partial charge in [0.25, 0.3) is 0 Å². The lowest BCUT2D eigenvalue weighted by Crippen LogP contribution is -2.44. The number of likely N-dealkylation sites (N-methyl/N-ethyl adjacent to an activating group) is 1. The lowest BCUT2D eigenvalue weighted by Gasteiger charge is -2.34. The van der Waals surface area contributed by atoms with Gasteiger partial charge in [0, 0.05) is 31.9 Å². The van der Waals surface area contributed by atoms with E-state index in [1.54, 1.807) is 12.1 Å². The van der Waals surface area contributed by atoms with Gasteiger partial charge in [-0.3, -0.25) is 0 Å². The second kappa shape index (κ2) is 5.48. The molecule has 0 saturated carbocycles. The molecule has 1 heterocycles. The second-order valence-electron chi connectivity index (χ2n) is 4.07. The van der Waals surface area contributed by atoms with Gasteiger partial charge in [-0.05, 0) is 31.3 Å². The summed E-state index contributed by atoms with van der Waals surface area (Å²) < 4.78 is 25.3. The Labute approximate surface area is 103 Å². The average Bonchev–Trinajstić information content (AvgIpc) is 2.30. The van der Waals surface area contributed by atoms with E-state index < -0.39 is 11.4 Å². The zero-order valence-corrected chi connectivity index (χ0v) is 10.5. The summed E-state index contributed by atoms with van der Waals surface area (Å²) in [4.78, 5) is 4.56. The highest BCUT2D eigenvalue weighted by Crippen LogP contribution is 2.20. The van der Waals surface area contributed by atoms with Crippen LogP contribution in [0.15, 0.2) is 24.3 Å². The summed E-state index contributed by atoms with van der Waals surface area (Å²) in [5.74, 6) is 0.344. The predicted octanol–water partition coefficient (Wildman–Crippen LogP) is 0.611. The van der Waals surface area contributed by atoms with Gasteiger partial charge in [0.1, 0.15) is 17.1 Å². The molecular formula is C11H15N2O3S-. The Kier molecular flexibility index (Phi) is 3.98. The summed E-state index contributed by atoms with van der Waals surface area (Å²) in [7, 11) is 2.11. The minimum Gasteiger partial charge on any atom is -0.740 e. The van der Waals surface area contributed by atoms with E-state index >= 15 is 0 Å². The lowest BCUT2D eigenvalue weighted by molar-refractivity contribution is 0.313. The fourth-order valence-electron chi connectivity index (χ4n) is 1.86. The lowest BCUT2D eigenvalue weighted by atomic mass is 10.2. The molecule has 0 aliphatic carbocycles. The van der Waals surface area contributed by atoms with Crippen LogP contribution in [0.5, 0.6) is 5.75 Å². The monoisotopic (exact) mass is 255 g/mol. The summed E-state index contributed by atoms with van der Waals surface area (Å²) in [6.45, 7) is 4.07. The van der Waals surface area contributed by atoms with E-state index in [9.17, 15) is 8.76 Å². The Balaban J connectivity index is 2.00. The fourth-order valence-corrected chi connectivity index (χ4v) is 2.12. The van der Waals surface area contributed by atoms with Gasteiger partial charge < -0.3 is 18.5 Å². The van der Waals surface area contributed by atoms with Crippen molar-refractivity contribution in [2.75, 3.05) is 38.1 Å². The van der Waals surface area contributed by atoms with Crippen molar-refractivity contribution in [1.29, 1.82) is 0 Å². The van der Waals surface area contributed by atoms with Crippen LogP contribution in [0.25, 0.3) is 0 Å². The topological polar surface area (TPSA) is 55.8 Å². The smallest absolute Gasteiger partial charge is 0.139 e. The molecule has 1 aromatic rings. The maximum atomic E-state index is 10.4. The zero-order chi connectivity index (χ0) is 12.3. The van der Waals surface area contributed by atoms with Gasteiger partial charge in [0.2, 0.25) is 0 Å². The Morgan fingerprint density at radius 1 is 1.18 bits per heavy atom. The molecule has 1 fully saturated rings. The molecule has 1 aliphatic heterocycles. The molecule has 0 bridgehead atoms. The van der Waals surface area contributed by atoms with Crippen LogP contribution in [0.3, 0.4) is 0 Å². The molecule has 5 nitrogen and oxygen atoms in total.